The van der Waals surface area contributed by atoms with E-state index in [0.29, 0.717) is 0 Å². The first-order chi connectivity index (χ1) is 6.00. The summed E-state index contributed by atoms with van der Waals surface area (Å²) in [6.45, 7) is 3.83. The molecule has 1 saturated heterocycles. The molecule has 0 radical (unpaired) electrons. The molecule has 2 heterocycles. The third kappa shape index (κ3) is 4.70. The number of nitrogens with one attached hydrogen (secondary N) is 1. The molecule has 0 atom stereocenters. The molecule has 1 aromatic heterocycles. The van der Waals surface area contributed by atoms with Gasteiger partial charge in [0.15, 0.2) is 0 Å². The van der Waals surface area contributed by atoms with Crippen LogP contribution in [0.25, 0.3) is 0 Å². The summed E-state index contributed by atoms with van der Waals surface area (Å²) in [5.74, 6) is 0. The van der Waals surface area contributed by atoms with E-state index >= 15 is 0 Å². The van der Waals surface area contributed by atoms with Crippen molar-refractivity contribution in [3.63, 3.8) is 0 Å². The van der Waals surface area contributed by atoms with E-state index in [-0.39, 0.29) is 0 Å². The Morgan fingerprint density at radius 3 is 1.58 bits per heavy atom. The van der Waals surface area contributed by atoms with Gasteiger partial charge in [0.05, 0.1) is 13.2 Å². The highest BCUT2D eigenvalue weighted by atomic mass is 16.5. The average molecular weight is 168 g/mol. The molecule has 1 aliphatic rings. The molecule has 1 fully saturated rings. The molecule has 0 spiro atoms. The molecule has 0 amide bonds. The smallest absolute Gasteiger partial charge is 0.119 e. The Hall–Kier alpha value is -1.07. The highest BCUT2D eigenvalue weighted by Crippen LogP contribution is 1.76. The number of ether oxygens (including phenoxy) is 1. The third-order valence-corrected chi connectivity index (χ3v) is 1.25. The second-order valence-corrected chi connectivity index (χ2v) is 2.16. The van der Waals surface area contributed by atoms with Gasteiger partial charge in [0.25, 0.3) is 0 Å². The zero-order valence-electron chi connectivity index (χ0n) is 6.81. The van der Waals surface area contributed by atoms with Gasteiger partial charge in [-0.05, 0) is 0 Å². The Morgan fingerprint density at radius 2 is 1.42 bits per heavy atom. The van der Waals surface area contributed by atoms with Gasteiger partial charge in [-0.2, -0.15) is 0 Å². The minimum atomic E-state index is 0.889. The molecule has 1 N–H and O–H groups in total. The number of hydrogen-bond donors (Lipinski definition) is 1. The summed E-state index contributed by atoms with van der Waals surface area (Å²) in [6.07, 6.45) is 4.31. The van der Waals surface area contributed by atoms with Gasteiger partial charge in [0.2, 0.25) is 0 Å². The van der Waals surface area contributed by atoms with Crippen molar-refractivity contribution in [3.05, 3.63) is 19.0 Å². The van der Waals surface area contributed by atoms with Gasteiger partial charge in [-0.3, -0.25) is 0 Å². The molecule has 66 valence electrons. The lowest BCUT2D eigenvalue weighted by atomic mass is 10.5. The first-order valence-electron chi connectivity index (χ1n) is 3.83. The van der Waals surface area contributed by atoms with Crippen LogP contribution in [0.4, 0.5) is 0 Å². The summed E-state index contributed by atoms with van der Waals surface area (Å²) < 4.78 is 5.01. The maximum atomic E-state index is 5.01. The number of hydrogen-bond acceptors (Lipinski definition) is 5. The SMILES string of the molecule is C1COCCN1.c1ncncn1. The van der Waals surface area contributed by atoms with Crippen LogP contribution in [0.5, 0.6) is 0 Å². The topological polar surface area (TPSA) is 59.9 Å². The molecular weight excluding hydrogens is 156 g/mol. The normalized spacial score (nSPS) is 16.0. The number of morpholine rings is 1. The van der Waals surface area contributed by atoms with E-state index in [1.165, 1.54) is 19.0 Å². The molecule has 0 unspecified atom stereocenters. The predicted molar refractivity (Wildman–Crippen MR) is 43.5 cm³/mol. The first kappa shape index (κ1) is 9.02. The van der Waals surface area contributed by atoms with Gasteiger partial charge in [-0.25, -0.2) is 15.0 Å². The largest absolute Gasteiger partial charge is 0.379 e. The van der Waals surface area contributed by atoms with Crippen LogP contribution in [0.2, 0.25) is 0 Å². The van der Waals surface area contributed by atoms with Crippen LogP contribution >= 0.6 is 0 Å². The lowest BCUT2D eigenvalue weighted by molar-refractivity contribution is 0.109. The molecule has 5 heteroatoms. The molecule has 12 heavy (non-hydrogen) atoms. The Morgan fingerprint density at radius 1 is 0.917 bits per heavy atom. The second-order valence-electron chi connectivity index (χ2n) is 2.16. The van der Waals surface area contributed by atoms with Crippen molar-refractivity contribution in [1.29, 1.82) is 0 Å². The van der Waals surface area contributed by atoms with Crippen LogP contribution in [0, 0.1) is 0 Å². The monoisotopic (exact) mass is 168 g/mol. The molecular formula is C7H12N4O. The van der Waals surface area contributed by atoms with E-state index in [4.69, 9.17) is 4.74 Å². The third-order valence-electron chi connectivity index (χ3n) is 1.25. The van der Waals surface area contributed by atoms with Crippen molar-refractivity contribution in [2.24, 2.45) is 0 Å². The van der Waals surface area contributed by atoms with Gasteiger partial charge in [0, 0.05) is 13.1 Å². The minimum absolute atomic E-state index is 0.889. The van der Waals surface area contributed by atoms with E-state index in [1.807, 2.05) is 0 Å². The summed E-state index contributed by atoms with van der Waals surface area (Å²) in [4.78, 5) is 10.7. The standard InChI is InChI=1S/C4H9NO.C3H3N3/c1-3-6-4-2-5-1;1-4-2-6-3-5-1/h5H,1-4H2;1-3H. The van der Waals surface area contributed by atoms with E-state index in [9.17, 15) is 0 Å². The Balaban J connectivity index is 0.000000120. The molecule has 0 bridgehead atoms. The predicted octanol–water partition coefficient (Wildman–Crippen LogP) is -0.522. The van der Waals surface area contributed by atoms with Crippen molar-refractivity contribution >= 4 is 0 Å². The van der Waals surface area contributed by atoms with Crippen molar-refractivity contribution in [3.8, 4) is 0 Å². The van der Waals surface area contributed by atoms with Crippen molar-refractivity contribution in [1.82, 2.24) is 20.3 Å². The van der Waals surface area contributed by atoms with Crippen LogP contribution in [0.1, 0.15) is 0 Å². The molecule has 2 rings (SSSR count). The van der Waals surface area contributed by atoms with E-state index < -0.39 is 0 Å². The zero-order valence-corrected chi connectivity index (χ0v) is 6.81. The van der Waals surface area contributed by atoms with E-state index in [1.54, 1.807) is 0 Å². The summed E-state index contributed by atoms with van der Waals surface area (Å²) in [5.41, 5.74) is 0. The van der Waals surface area contributed by atoms with Crippen LogP contribution in [-0.4, -0.2) is 41.3 Å². The molecule has 0 aliphatic carbocycles. The second kappa shape index (κ2) is 6.63. The number of rotatable bonds is 0. The highest BCUT2D eigenvalue weighted by Gasteiger charge is 1.92. The van der Waals surface area contributed by atoms with E-state index in [2.05, 4.69) is 20.3 Å². The maximum absolute atomic E-state index is 5.01. The van der Waals surface area contributed by atoms with Crippen molar-refractivity contribution in [2.45, 2.75) is 0 Å². The van der Waals surface area contributed by atoms with Crippen molar-refractivity contribution in [2.75, 3.05) is 26.3 Å². The molecule has 1 aromatic rings. The Kier molecular flexibility index (Phi) is 4.98. The van der Waals surface area contributed by atoms with Crippen LogP contribution in [0.3, 0.4) is 0 Å². The van der Waals surface area contributed by atoms with Gasteiger partial charge >= 0.3 is 0 Å². The van der Waals surface area contributed by atoms with Gasteiger partial charge in [-0.15, -0.1) is 0 Å². The number of nitrogens with zero attached hydrogens (tertiary/aromatic N) is 3. The summed E-state index contributed by atoms with van der Waals surface area (Å²) >= 11 is 0. The summed E-state index contributed by atoms with van der Waals surface area (Å²) in [7, 11) is 0. The summed E-state index contributed by atoms with van der Waals surface area (Å²) in [6, 6.07) is 0. The van der Waals surface area contributed by atoms with Gasteiger partial charge in [0.1, 0.15) is 19.0 Å². The first-order valence-corrected chi connectivity index (χ1v) is 3.83. The molecule has 0 aromatic carbocycles. The quantitative estimate of drug-likeness (QED) is 0.564. The van der Waals surface area contributed by atoms with Crippen molar-refractivity contribution < 1.29 is 4.74 Å². The van der Waals surface area contributed by atoms with Crippen LogP contribution in [-0.2, 0) is 4.74 Å². The molecule has 0 saturated carbocycles. The lowest BCUT2D eigenvalue weighted by Crippen LogP contribution is -2.30. The fourth-order valence-corrected chi connectivity index (χ4v) is 0.721. The van der Waals surface area contributed by atoms with Crippen LogP contribution < -0.4 is 5.32 Å². The summed E-state index contributed by atoms with van der Waals surface area (Å²) in [5, 5.41) is 3.16. The van der Waals surface area contributed by atoms with Gasteiger partial charge < -0.3 is 10.1 Å². The zero-order chi connectivity index (χ0) is 8.49. The molecule has 5 nitrogen and oxygen atoms in total. The van der Waals surface area contributed by atoms with Gasteiger partial charge in [-0.1, -0.05) is 0 Å². The number of aromatic nitrogens is 3. The average Bonchev–Trinajstić information content (AvgIpc) is 2.24. The fraction of sp³-hybridized carbons (Fsp3) is 0.571. The van der Waals surface area contributed by atoms with E-state index in [0.717, 1.165) is 26.3 Å². The highest BCUT2D eigenvalue weighted by molar-refractivity contribution is 4.51. The maximum Gasteiger partial charge on any atom is 0.119 e. The van der Waals surface area contributed by atoms with Crippen LogP contribution in [0.15, 0.2) is 19.0 Å². The Labute approximate surface area is 71.2 Å². The minimum Gasteiger partial charge on any atom is -0.379 e. The Bertz CT molecular complexity index is 140. The molecule has 1 aliphatic heterocycles. The fourth-order valence-electron chi connectivity index (χ4n) is 0.721. The lowest BCUT2D eigenvalue weighted by Gasteiger charge is -2.10.